The molecule has 0 bridgehead atoms. The number of aromatic nitrogens is 3. The van der Waals surface area contributed by atoms with Crippen LogP contribution in [0, 0.1) is 0 Å². The number of hydrogen-bond donors (Lipinski definition) is 2. The van der Waals surface area contributed by atoms with Crippen LogP contribution in [0.2, 0.25) is 0 Å². The average Bonchev–Trinajstić information content (AvgIpc) is 3.30. The number of aromatic hydroxyl groups is 1. The largest absolute Gasteiger partial charge is 0.506 e. The number of fused-ring (bicyclic) bond motifs is 1. The van der Waals surface area contributed by atoms with Gasteiger partial charge in [0.25, 0.3) is 5.91 Å². The number of nitrogens with zero attached hydrogens (tertiary/aromatic N) is 4. The fraction of sp³-hybridized carbons (Fsp3) is 0.435. The molecule has 174 valence electrons. The molecule has 0 unspecified atom stereocenters. The molecular weight excluding hydrogens is 442 g/mol. The van der Waals surface area contributed by atoms with Gasteiger partial charge in [0.15, 0.2) is 5.65 Å². The summed E-state index contributed by atoms with van der Waals surface area (Å²) in [6.45, 7) is 4.96. The minimum atomic E-state index is -3.68. The zero-order valence-corrected chi connectivity index (χ0v) is 19.5. The summed E-state index contributed by atoms with van der Waals surface area (Å²) in [6, 6.07) is 5.84. The Morgan fingerprint density at radius 2 is 1.91 bits per heavy atom. The van der Waals surface area contributed by atoms with Crippen LogP contribution in [0.25, 0.3) is 11.0 Å². The van der Waals surface area contributed by atoms with Crippen LogP contribution in [0.15, 0.2) is 35.4 Å². The number of phenols is 1. The molecule has 1 saturated carbocycles. The van der Waals surface area contributed by atoms with Gasteiger partial charge in [-0.15, -0.1) is 0 Å². The molecule has 3 aromatic rings. The molecule has 0 spiro atoms. The molecule has 2 fully saturated rings. The first kappa shape index (κ1) is 21.8. The van der Waals surface area contributed by atoms with Crippen molar-refractivity contribution in [2.75, 3.05) is 18.4 Å². The van der Waals surface area contributed by atoms with Crippen molar-refractivity contribution in [1.29, 1.82) is 0 Å². The third kappa shape index (κ3) is 3.97. The number of nitrogens with one attached hydrogen (secondary N) is 1. The maximum absolute atomic E-state index is 13.3. The van der Waals surface area contributed by atoms with Crippen molar-refractivity contribution in [2.24, 2.45) is 0 Å². The molecule has 0 atom stereocenters. The van der Waals surface area contributed by atoms with E-state index in [2.05, 4.69) is 10.4 Å². The van der Waals surface area contributed by atoms with Crippen molar-refractivity contribution in [2.45, 2.75) is 56.4 Å². The van der Waals surface area contributed by atoms with E-state index in [4.69, 9.17) is 4.98 Å². The normalized spacial score (nSPS) is 17.2. The lowest BCUT2D eigenvalue weighted by Gasteiger charge is -2.17. The van der Waals surface area contributed by atoms with Gasteiger partial charge in [0.05, 0.1) is 27.7 Å². The Kier molecular flexibility index (Phi) is 5.37. The van der Waals surface area contributed by atoms with E-state index in [0.717, 1.165) is 31.4 Å². The van der Waals surface area contributed by atoms with Gasteiger partial charge in [0.2, 0.25) is 10.0 Å². The Balaban J connectivity index is 1.51. The topological polar surface area (TPSA) is 117 Å². The second-order valence-corrected chi connectivity index (χ2v) is 11.0. The van der Waals surface area contributed by atoms with Gasteiger partial charge in [-0.25, -0.2) is 18.1 Å². The van der Waals surface area contributed by atoms with E-state index in [0.29, 0.717) is 35.6 Å². The third-order valence-electron chi connectivity index (χ3n) is 6.23. The standard InChI is InChI=1S/C23H27N5O4S/c1-14(2)28-22-18(13-24-28)17(12-19(25-22)15-5-6-15)23(30)26-20-11-16(7-8-21(20)29)33(31,32)27-9-3-4-10-27/h7-8,11-15,29H,3-6,9-10H2,1-2H3,(H,26,30). The highest BCUT2D eigenvalue weighted by molar-refractivity contribution is 7.89. The molecule has 0 radical (unpaired) electrons. The Labute approximate surface area is 192 Å². The van der Waals surface area contributed by atoms with Crippen molar-refractivity contribution in [3.8, 4) is 5.75 Å². The molecule has 1 aliphatic carbocycles. The molecule has 3 heterocycles. The maximum Gasteiger partial charge on any atom is 0.256 e. The number of anilines is 1. The predicted octanol–water partition coefficient (Wildman–Crippen LogP) is 3.63. The Bertz CT molecular complexity index is 1340. The number of hydrogen-bond acceptors (Lipinski definition) is 6. The molecule has 1 amide bonds. The average molecular weight is 470 g/mol. The summed E-state index contributed by atoms with van der Waals surface area (Å²) >= 11 is 0. The van der Waals surface area contributed by atoms with Gasteiger partial charge in [-0.2, -0.15) is 9.40 Å². The number of benzene rings is 1. The smallest absolute Gasteiger partial charge is 0.256 e. The quantitative estimate of drug-likeness (QED) is 0.533. The SMILES string of the molecule is CC(C)n1ncc2c(C(=O)Nc3cc(S(=O)(=O)N4CCCC4)ccc3O)cc(C3CC3)nc21. The molecule has 1 saturated heterocycles. The molecule has 1 aliphatic heterocycles. The number of phenolic OH excluding ortho intramolecular Hbond substituents is 1. The summed E-state index contributed by atoms with van der Waals surface area (Å²) < 4.78 is 29.1. The van der Waals surface area contributed by atoms with Gasteiger partial charge in [-0.05, 0) is 63.8 Å². The molecular formula is C23H27N5O4S. The highest BCUT2D eigenvalue weighted by Gasteiger charge is 2.30. The summed E-state index contributed by atoms with van der Waals surface area (Å²) in [6.07, 6.45) is 5.35. The van der Waals surface area contributed by atoms with Crippen LogP contribution in [-0.2, 0) is 10.0 Å². The highest BCUT2D eigenvalue weighted by Crippen LogP contribution is 2.40. The van der Waals surface area contributed by atoms with Crippen molar-refractivity contribution in [3.63, 3.8) is 0 Å². The molecule has 2 aliphatic rings. The Morgan fingerprint density at radius 3 is 2.58 bits per heavy atom. The third-order valence-corrected chi connectivity index (χ3v) is 8.13. The minimum absolute atomic E-state index is 0.0451. The number of sulfonamides is 1. The second kappa shape index (κ2) is 8.11. The van der Waals surface area contributed by atoms with Crippen LogP contribution in [0.5, 0.6) is 5.75 Å². The zero-order valence-electron chi connectivity index (χ0n) is 18.7. The maximum atomic E-state index is 13.3. The minimum Gasteiger partial charge on any atom is -0.506 e. The van der Waals surface area contributed by atoms with Gasteiger partial charge in [-0.1, -0.05) is 0 Å². The number of carbonyl (C=O) groups excluding carboxylic acids is 1. The van der Waals surface area contributed by atoms with Crippen LogP contribution < -0.4 is 5.32 Å². The van der Waals surface area contributed by atoms with Crippen LogP contribution in [0.1, 0.15) is 67.5 Å². The number of amides is 1. The lowest BCUT2D eigenvalue weighted by atomic mass is 10.1. The van der Waals surface area contributed by atoms with Crippen LogP contribution in [-0.4, -0.2) is 51.6 Å². The number of carbonyl (C=O) groups is 1. The van der Waals surface area contributed by atoms with Crippen molar-refractivity contribution < 1.29 is 18.3 Å². The molecule has 2 aromatic heterocycles. The molecule has 10 heteroatoms. The van der Waals surface area contributed by atoms with Gasteiger partial charge >= 0.3 is 0 Å². The summed E-state index contributed by atoms with van der Waals surface area (Å²) in [5.41, 5.74) is 1.95. The summed E-state index contributed by atoms with van der Waals surface area (Å²) in [5, 5.41) is 18.1. The van der Waals surface area contributed by atoms with E-state index >= 15 is 0 Å². The van der Waals surface area contributed by atoms with E-state index in [9.17, 15) is 18.3 Å². The van der Waals surface area contributed by atoms with E-state index < -0.39 is 15.9 Å². The summed E-state index contributed by atoms with van der Waals surface area (Å²) in [7, 11) is -3.68. The summed E-state index contributed by atoms with van der Waals surface area (Å²) in [4.78, 5) is 18.1. The van der Waals surface area contributed by atoms with Crippen LogP contribution >= 0.6 is 0 Å². The van der Waals surface area contributed by atoms with Gasteiger partial charge in [-0.3, -0.25) is 4.79 Å². The van der Waals surface area contributed by atoms with E-state index in [-0.39, 0.29) is 22.4 Å². The lowest BCUT2D eigenvalue weighted by molar-refractivity contribution is 0.102. The Morgan fingerprint density at radius 1 is 1.18 bits per heavy atom. The zero-order chi connectivity index (χ0) is 23.3. The van der Waals surface area contributed by atoms with Crippen molar-refractivity contribution in [1.82, 2.24) is 19.1 Å². The first-order valence-electron chi connectivity index (χ1n) is 11.3. The molecule has 2 N–H and O–H groups in total. The highest BCUT2D eigenvalue weighted by atomic mass is 32.2. The fourth-order valence-electron chi connectivity index (χ4n) is 4.23. The van der Waals surface area contributed by atoms with Crippen LogP contribution in [0.3, 0.4) is 0 Å². The number of rotatable bonds is 6. The van der Waals surface area contributed by atoms with E-state index in [1.54, 1.807) is 16.9 Å². The molecule has 9 nitrogen and oxygen atoms in total. The first-order chi connectivity index (χ1) is 15.8. The van der Waals surface area contributed by atoms with Crippen molar-refractivity contribution >= 4 is 32.7 Å². The van der Waals surface area contributed by atoms with Crippen LogP contribution in [0.4, 0.5) is 5.69 Å². The first-order valence-corrected chi connectivity index (χ1v) is 12.7. The van der Waals surface area contributed by atoms with Gasteiger partial charge in [0, 0.05) is 30.7 Å². The number of pyridine rings is 1. The van der Waals surface area contributed by atoms with E-state index in [1.807, 2.05) is 13.8 Å². The monoisotopic (exact) mass is 469 g/mol. The van der Waals surface area contributed by atoms with Gasteiger partial charge in [0.1, 0.15) is 5.75 Å². The summed E-state index contributed by atoms with van der Waals surface area (Å²) in [5.74, 6) is -0.313. The fourth-order valence-corrected chi connectivity index (χ4v) is 5.78. The Hall–Kier alpha value is -2.98. The second-order valence-electron chi connectivity index (χ2n) is 9.03. The lowest BCUT2D eigenvalue weighted by Crippen LogP contribution is -2.28. The predicted molar refractivity (Wildman–Crippen MR) is 124 cm³/mol. The van der Waals surface area contributed by atoms with Gasteiger partial charge < -0.3 is 10.4 Å². The molecule has 5 rings (SSSR count). The van der Waals surface area contributed by atoms with Crippen molar-refractivity contribution in [3.05, 3.63) is 41.7 Å². The molecule has 1 aromatic carbocycles. The molecule has 33 heavy (non-hydrogen) atoms. The van der Waals surface area contributed by atoms with E-state index in [1.165, 1.54) is 22.5 Å².